The van der Waals surface area contributed by atoms with Gasteiger partial charge in [-0.2, -0.15) is 18.3 Å². The molecule has 0 fully saturated rings. The van der Waals surface area contributed by atoms with E-state index in [2.05, 4.69) is 15.7 Å². The smallest absolute Gasteiger partial charge is 0.410 e. The van der Waals surface area contributed by atoms with Gasteiger partial charge in [0.1, 0.15) is 17.4 Å². The van der Waals surface area contributed by atoms with Gasteiger partial charge in [-0.3, -0.25) is 4.79 Å². The lowest BCUT2D eigenvalue weighted by Gasteiger charge is -2.32. The van der Waals surface area contributed by atoms with Crippen LogP contribution in [0.25, 0.3) is 0 Å². The number of furan rings is 1. The Bertz CT molecular complexity index is 980. The molecule has 0 unspecified atom stereocenters. The summed E-state index contributed by atoms with van der Waals surface area (Å²) >= 11 is 0. The van der Waals surface area contributed by atoms with Crippen LogP contribution in [0.2, 0.25) is 0 Å². The number of carbonyl (C=O) groups is 1. The summed E-state index contributed by atoms with van der Waals surface area (Å²) in [7, 11) is 0. The van der Waals surface area contributed by atoms with Gasteiger partial charge in [0.25, 0.3) is 5.91 Å². The number of aromatic nitrogens is 2. The van der Waals surface area contributed by atoms with E-state index in [0.717, 1.165) is 16.8 Å². The molecule has 146 valence electrons. The first-order valence-corrected chi connectivity index (χ1v) is 8.34. The zero-order chi connectivity index (χ0) is 19.9. The first kappa shape index (κ1) is 18.1. The predicted molar refractivity (Wildman–Crippen MR) is 91.4 cm³/mol. The Morgan fingerprint density at radius 3 is 2.64 bits per heavy atom. The molecule has 3 heterocycles. The number of carbonyl (C=O) groups excluding carboxylic acids is 1. The number of amides is 1. The van der Waals surface area contributed by atoms with Gasteiger partial charge in [-0.15, -0.1) is 0 Å². The van der Waals surface area contributed by atoms with Gasteiger partial charge in [-0.1, -0.05) is 0 Å². The lowest BCUT2D eigenvalue weighted by molar-refractivity contribution is -0.174. The SMILES string of the molecule is O=C(Nc1ccc(F)cc1)c1cc2n(n1)[C@H](C(F)(F)F)C[C@@H](c1ccco1)N2. The molecule has 2 atom stereocenters. The highest BCUT2D eigenvalue weighted by Crippen LogP contribution is 2.43. The third kappa shape index (κ3) is 3.45. The average Bonchev–Trinajstić information content (AvgIpc) is 3.31. The highest BCUT2D eigenvalue weighted by molar-refractivity contribution is 6.03. The zero-order valence-electron chi connectivity index (χ0n) is 14.2. The van der Waals surface area contributed by atoms with E-state index in [1.54, 1.807) is 12.1 Å². The van der Waals surface area contributed by atoms with Crippen LogP contribution in [0.1, 0.15) is 34.8 Å². The van der Waals surface area contributed by atoms with E-state index in [-0.39, 0.29) is 17.9 Å². The second kappa shape index (κ2) is 6.70. The molecular weight excluding hydrogens is 380 g/mol. The van der Waals surface area contributed by atoms with Gasteiger partial charge >= 0.3 is 6.18 Å². The molecule has 1 aliphatic heterocycles. The summed E-state index contributed by atoms with van der Waals surface area (Å²) < 4.78 is 59.7. The molecule has 10 heteroatoms. The van der Waals surface area contributed by atoms with Crippen LogP contribution < -0.4 is 10.6 Å². The summed E-state index contributed by atoms with van der Waals surface area (Å²) in [6.07, 6.45) is -3.50. The minimum Gasteiger partial charge on any atom is -0.467 e. The van der Waals surface area contributed by atoms with Gasteiger partial charge < -0.3 is 15.1 Å². The van der Waals surface area contributed by atoms with Gasteiger partial charge in [0.05, 0.1) is 12.3 Å². The molecule has 2 N–H and O–H groups in total. The van der Waals surface area contributed by atoms with Crippen LogP contribution in [0.5, 0.6) is 0 Å². The summed E-state index contributed by atoms with van der Waals surface area (Å²) in [5.41, 5.74) is 0.104. The number of alkyl halides is 3. The number of nitrogens with zero attached hydrogens (tertiary/aromatic N) is 2. The maximum atomic E-state index is 13.6. The van der Waals surface area contributed by atoms with Crippen LogP contribution in [0, 0.1) is 5.82 Å². The van der Waals surface area contributed by atoms with Gasteiger partial charge in [0, 0.05) is 18.2 Å². The number of benzene rings is 1. The molecule has 1 aromatic carbocycles. The molecule has 0 radical (unpaired) electrons. The highest BCUT2D eigenvalue weighted by atomic mass is 19.4. The summed E-state index contributed by atoms with van der Waals surface area (Å²) in [6, 6.07) is 6.79. The topological polar surface area (TPSA) is 72.1 Å². The number of nitrogens with one attached hydrogen (secondary N) is 2. The second-order valence-corrected chi connectivity index (χ2v) is 6.33. The number of halogens is 4. The standard InChI is InChI=1S/C18H14F4N4O2/c19-10-3-5-11(6-4-10)23-17(27)13-9-16-24-12(14-2-1-7-28-14)8-15(18(20,21)22)26(16)25-13/h1-7,9,12,15,24H,8H2,(H,23,27)/t12-,15-/m0/s1. The van der Waals surface area contributed by atoms with Crippen molar-refractivity contribution in [3.8, 4) is 0 Å². The lowest BCUT2D eigenvalue weighted by atomic mass is 10.0. The first-order chi connectivity index (χ1) is 13.3. The fraction of sp³-hybridized carbons (Fsp3) is 0.222. The van der Waals surface area contributed by atoms with Crippen molar-refractivity contribution in [3.05, 3.63) is 66.0 Å². The fourth-order valence-electron chi connectivity index (χ4n) is 3.09. The summed E-state index contributed by atoms with van der Waals surface area (Å²) in [6.45, 7) is 0. The first-order valence-electron chi connectivity index (χ1n) is 8.34. The normalized spacial score (nSPS) is 19.0. The van der Waals surface area contributed by atoms with Crippen LogP contribution in [-0.2, 0) is 0 Å². The summed E-state index contributed by atoms with van der Waals surface area (Å²) in [4.78, 5) is 12.4. The minimum atomic E-state index is -4.56. The Morgan fingerprint density at radius 2 is 2.00 bits per heavy atom. The van der Waals surface area contributed by atoms with E-state index >= 15 is 0 Å². The summed E-state index contributed by atoms with van der Waals surface area (Å²) in [5, 5.41) is 9.25. The molecule has 6 nitrogen and oxygen atoms in total. The molecule has 0 spiro atoms. The van der Waals surface area contributed by atoms with Gasteiger partial charge in [0.2, 0.25) is 0 Å². The molecule has 2 aromatic heterocycles. The Hall–Kier alpha value is -3.30. The van der Waals surface area contributed by atoms with Crippen molar-refractivity contribution < 1.29 is 26.8 Å². The molecule has 3 aromatic rings. The monoisotopic (exact) mass is 394 g/mol. The maximum Gasteiger partial charge on any atom is 0.410 e. The molecule has 1 aliphatic rings. The largest absolute Gasteiger partial charge is 0.467 e. The molecule has 0 bridgehead atoms. The van der Waals surface area contributed by atoms with Crippen molar-refractivity contribution in [1.82, 2.24) is 9.78 Å². The van der Waals surface area contributed by atoms with Crippen molar-refractivity contribution in [3.63, 3.8) is 0 Å². The number of fused-ring (bicyclic) bond motifs is 1. The van der Waals surface area contributed by atoms with E-state index in [1.165, 1.54) is 24.5 Å². The quantitative estimate of drug-likeness (QED) is 0.641. The number of rotatable bonds is 3. The minimum absolute atomic E-state index is 0.0548. The van der Waals surface area contributed by atoms with E-state index < -0.39 is 30.0 Å². The van der Waals surface area contributed by atoms with Gasteiger partial charge in [-0.25, -0.2) is 9.07 Å². The van der Waals surface area contributed by atoms with Crippen LogP contribution in [-0.4, -0.2) is 21.9 Å². The summed E-state index contributed by atoms with van der Waals surface area (Å²) in [5.74, 6) is -0.763. The van der Waals surface area contributed by atoms with Crippen molar-refractivity contribution in [2.45, 2.75) is 24.7 Å². The van der Waals surface area contributed by atoms with Crippen LogP contribution in [0.4, 0.5) is 29.1 Å². The molecule has 0 saturated heterocycles. The highest BCUT2D eigenvalue weighted by Gasteiger charge is 2.47. The van der Waals surface area contributed by atoms with Crippen molar-refractivity contribution in [2.75, 3.05) is 10.6 Å². The Labute approximate surface area is 156 Å². The molecule has 4 rings (SSSR count). The fourth-order valence-corrected chi connectivity index (χ4v) is 3.09. The molecule has 28 heavy (non-hydrogen) atoms. The van der Waals surface area contributed by atoms with Gasteiger partial charge in [-0.05, 0) is 36.4 Å². The van der Waals surface area contributed by atoms with Gasteiger partial charge in [0.15, 0.2) is 11.7 Å². The average molecular weight is 394 g/mol. The number of hydrogen-bond acceptors (Lipinski definition) is 4. The number of hydrogen-bond donors (Lipinski definition) is 2. The Morgan fingerprint density at radius 1 is 1.25 bits per heavy atom. The predicted octanol–water partition coefficient (Wildman–Crippen LogP) is 4.53. The van der Waals surface area contributed by atoms with E-state index in [9.17, 15) is 22.4 Å². The maximum absolute atomic E-state index is 13.6. The Balaban J connectivity index is 1.63. The second-order valence-electron chi connectivity index (χ2n) is 6.33. The van der Waals surface area contributed by atoms with Crippen LogP contribution in [0.15, 0.2) is 53.1 Å². The zero-order valence-corrected chi connectivity index (χ0v) is 14.2. The van der Waals surface area contributed by atoms with E-state index in [1.807, 2.05) is 0 Å². The van der Waals surface area contributed by atoms with E-state index in [4.69, 9.17) is 4.42 Å². The molecule has 0 aliphatic carbocycles. The Kier molecular flexibility index (Phi) is 4.33. The van der Waals surface area contributed by atoms with Crippen LogP contribution in [0.3, 0.4) is 0 Å². The van der Waals surface area contributed by atoms with Crippen molar-refractivity contribution >= 4 is 17.4 Å². The number of anilines is 2. The van der Waals surface area contributed by atoms with Crippen LogP contribution >= 0.6 is 0 Å². The van der Waals surface area contributed by atoms with E-state index in [0.29, 0.717) is 11.4 Å². The molecule has 1 amide bonds. The van der Waals surface area contributed by atoms with Crippen molar-refractivity contribution in [1.29, 1.82) is 0 Å². The third-order valence-electron chi connectivity index (χ3n) is 4.41. The molecule has 0 saturated carbocycles. The third-order valence-corrected chi connectivity index (χ3v) is 4.41. The van der Waals surface area contributed by atoms with Crippen molar-refractivity contribution in [2.24, 2.45) is 0 Å². The lowest BCUT2D eigenvalue weighted by Crippen LogP contribution is -2.35. The molecular formula is C18H14F4N4O2.